The second-order valence-electron chi connectivity index (χ2n) is 5.64. The van der Waals surface area contributed by atoms with Crippen LogP contribution in [0.15, 0.2) is 23.2 Å². The molecule has 0 atom stereocenters. The van der Waals surface area contributed by atoms with Gasteiger partial charge in [-0.1, -0.05) is 6.92 Å². The highest BCUT2D eigenvalue weighted by Crippen LogP contribution is 2.20. The number of aryl methyl sites for hydroxylation is 1. The average molecular weight is 287 g/mol. The molecule has 1 aromatic rings. The topological polar surface area (TPSA) is 103 Å². The maximum Gasteiger partial charge on any atom is 0.321 e. The Morgan fingerprint density at radius 1 is 1.43 bits per heavy atom. The van der Waals surface area contributed by atoms with Crippen LogP contribution in [0, 0.1) is 11.3 Å². The fourth-order valence-electron chi connectivity index (χ4n) is 1.69. The molecule has 0 aliphatic heterocycles. The van der Waals surface area contributed by atoms with Crippen LogP contribution in [-0.4, -0.2) is 17.5 Å². The van der Waals surface area contributed by atoms with E-state index in [1.54, 1.807) is 18.2 Å². The number of nitrogens with two attached hydrogens (primary N) is 1. The van der Waals surface area contributed by atoms with Crippen LogP contribution in [0.2, 0.25) is 0 Å². The Balaban J connectivity index is 2.88. The smallest absolute Gasteiger partial charge is 0.321 e. The number of hydrogen-bond donors (Lipinski definition) is 3. The molecule has 0 saturated carbocycles. The van der Waals surface area contributed by atoms with E-state index >= 15 is 0 Å². The van der Waals surface area contributed by atoms with Crippen molar-refractivity contribution in [2.24, 2.45) is 10.7 Å². The van der Waals surface area contributed by atoms with Gasteiger partial charge in [-0.15, -0.1) is 0 Å². The van der Waals surface area contributed by atoms with Gasteiger partial charge in [-0.2, -0.15) is 5.26 Å². The van der Waals surface area contributed by atoms with E-state index in [2.05, 4.69) is 21.7 Å². The molecule has 4 N–H and O–H groups in total. The number of carbonyl (C=O) groups excluding carboxylic acids is 1. The predicted octanol–water partition coefficient (Wildman–Crippen LogP) is 2.16. The van der Waals surface area contributed by atoms with Gasteiger partial charge in [0.05, 0.1) is 17.3 Å². The van der Waals surface area contributed by atoms with E-state index in [-0.39, 0.29) is 11.5 Å². The second kappa shape index (κ2) is 6.75. The first-order valence-corrected chi connectivity index (χ1v) is 6.71. The van der Waals surface area contributed by atoms with Crippen LogP contribution < -0.4 is 16.4 Å². The zero-order valence-electron chi connectivity index (χ0n) is 12.8. The van der Waals surface area contributed by atoms with E-state index in [1.165, 1.54) is 0 Å². The van der Waals surface area contributed by atoms with Crippen molar-refractivity contribution >= 4 is 17.7 Å². The Bertz CT molecular complexity index is 593. The molecule has 0 fully saturated rings. The standard InChI is InChI=1S/C15H21N5O/c1-5-11-8-10(9-16)6-7-12(11)18-13(17)19-14(21)20-15(2,3)4/h6-8H,5H2,1-4H3,(H4,17,18,19,20,21). The summed E-state index contributed by atoms with van der Waals surface area (Å²) in [5.41, 5.74) is 7.49. The summed E-state index contributed by atoms with van der Waals surface area (Å²) in [4.78, 5) is 15.9. The molecule has 0 unspecified atom stereocenters. The minimum Gasteiger partial charge on any atom is -0.369 e. The van der Waals surface area contributed by atoms with Crippen molar-refractivity contribution in [3.63, 3.8) is 0 Å². The first kappa shape index (κ1) is 16.5. The van der Waals surface area contributed by atoms with Crippen LogP contribution >= 0.6 is 0 Å². The van der Waals surface area contributed by atoms with Crippen molar-refractivity contribution in [2.75, 3.05) is 0 Å². The summed E-state index contributed by atoms with van der Waals surface area (Å²) in [6.07, 6.45) is 0.718. The summed E-state index contributed by atoms with van der Waals surface area (Å²) in [5, 5.41) is 14.1. The Morgan fingerprint density at radius 3 is 2.62 bits per heavy atom. The van der Waals surface area contributed by atoms with E-state index in [0.29, 0.717) is 11.3 Å². The highest BCUT2D eigenvalue weighted by Gasteiger charge is 2.14. The normalized spacial score (nSPS) is 11.7. The lowest BCUT2D eigenvalue weighted by Gasteiger charge is -2.20. The molecule has 112 valence electrons. The molecule has 6 heteroatoms. The highest BCUT2D eigenvalue weighted by atomic mass is 16.2. The fourth-order valence-corrected chi connectivity index (χ4v) is 1.69. The number of nitriles is 1. The van der Waals surface area contributed by atoms with E-state index < -0.39 is 6.03 Å². The number of nitrogens with zero attached hydrogens (tertiary/aromatic N) is 2. The summed E-state index contributed by atoms with van der Waals surface area (Å²) in [5.74, 6) is 0.0103. The predicted molar refractivity (Wildman–Crippen MR) is 83.2 cm³/mol. The maximum atomic E-state index is 11.7. The van der Waals surface area contributed by atoms with Gasteiger partial charge in [0.25, 0.3) is 0 Å². The van der Waals surface area contributed by atoms with Crippen LogP contribution in [0.5, 0.6) is 0 Å². The molecule has 2 amide bonds. The second-order valence-corrected chi connectivity index (χ2v) is 5.64. The number of guanidine groups is 1. The van der Waals surface area contributed by atoms with Crippen molar-refractivity contribution in [2.45, 2.75) is 39.7 Å². The lowest BCUT2D eigenvalue weighted by atomic mass is 10.1. The Kier molecular flexibility index (Phi) is 5.30. The van der Waals surface area contributed by atoms with Gasteiger partial charge < -0.3 is 11.1 Å². The molecule has 0 aliphatic carbocycles. The van der Waals surface area contributed by atoms with Gasteiger partial charge in [-0.05, 0) is 51.0 Å². The zero-order chi connectivity index (χ0) is 16.0. The molecule has 1 rings (SSSR count). The SMILES string of the molecule is CCc1cc(C#N)ccc1N=C(N)NC(=O)NC(C)(C)C. The third-order valence-electron chi connectivity index (χ3n) is 2.56. The molecule has 0 heterocycles. The number of urea groups is 1. The molecule has 0 spiro atoms. The minimum atomic E-state index is -0.407. The summed E-state index contributed by atoms with van der Waals surface area (Å²) in [6.45, 7) is 7.58. The van der Waals surface area contributed by atoms with Gasteiger partial charge in [0.15, 0.2) is 0 Å². The van der Waals surface area contributed by atoms with E-state index in [0.717, 1.165) is 12.0 Å². The molecule has 0 saturated heterocycles. The Hall–Kier alpha value is -2.55. The highest BCUT2D eigenvalue weighted by molar-refractivity contribution is 5.96. The monoisotopic (exact) mass is 287 g/mol. The zero-order valence-corrected chi connectivity index (χ0v) is 12.8. The lowest BCUT2D eigenvalue weighted by Crippen LogP contribution is -2.50. The molecular formula is C15H21N5O. The molecule has 0 bridgehead atoms. The Morgan fingerprint density at radius 2 is 2.10 bits per heavy atom. The number of aliphatic imine (C=N–C) groups is 1. The number of carbonyl (C=O) groups is 1. The quantitative estimate of drug-likeness (QED) is 0.573. The molecule has 21 heavy (non-hydrogen) atoms. The third-order valence-corrected chi connectivity index (χ3v) is 2.56. The van der Waals surface area contributed by atoms with Crippen LogP contribution in [0.3, 0.4) is 0 Å². The molecule has 1 aromatic carbocycles. The van der Waals surface area contributed by atoms with E-state index in [1.807, 2.05) is 27.7 Å². The number of benzene rings is 1. The van der Waals surface area contributed by atoms with Gasteiger partial charge in [0.2, 0.25) is 5.96 Å². The van der Waals surface area contributed by atoms with E-state index in [9.17, 15) is 4.79 Å². The van der Waals surface area contributed by atoms with Crippen LogP contribution in [0.1, 0.15) is 38.8 Å². The van der Waals surface area contributed by atoms with Crippen molar-refractivity contribution < 1.29 is 4.79 Å². The van der Waals surface area contributed by atoms with Crippen LogP contribution in [0.25, 0.3) is 0 Å². The van der Waals surface area contributed by atoms with Gasteiger partial charge in [-0.25, -0.2) is 9.79 Å². The first-order chi connectivity index (χ1) is 9.75. The van der Waals surface area contributed by atoms with Gasteiger partial charge in [0.1, 0.15) is 0 Å². The van der Waals surface area contributed by atoms with Crippen molar-refractivity contribution in [1.29, 1.82) is 5.26 Å². The fraction of sp³-hybridized carbons (Fsp3) is 0.400. The minimum absolute atomic E-state index is 0.0103. The first-order valence-electron chi connectivity index (χ1n) is 6.71. The Labute approximate surface area is 125 Å². The summed E-state index contributed by atoms with van der Waals surface area (Å²) in [6, 6.07) is 6.82. The molecular weight excluding hydrogens is 266 g/mol. The molecule has 0 aromatic heterocycles. The summed E-state index contributed by atoms with van der Waals surface area (Å²) in [7, 11) is 0. The summed E-state index contributed by atoms with van der Waals surface area (Å²) >= 11 is 0. The van der Waals surface area contributed by atoms with Crippen LogP contribution in [0.4, 0.5) is 10.5 Å². The largest absolute Gasteiger partial charge is 0.369 e. The van der Waals surface area contributed by atoms with Crippen molar-refractivity contribution in [3.8, 4) is 6.07 Å². The lowest BCUT2D eigenvalue weighted by molar-refractivity contribution is 0.236. The van der Waals surface area contributed by atoms with Crippen LogP contribution in [-0.2, 0) is 6.42 Å². The van der Waals surface area contributed by atoms with Gasteiger partial charge in [-0.3, -0.25) is 5.32 Å². The summed E-state index contributed by atoms with van der Waals surface area (Å²) < 4.78 is 0. The number of nitrogens with one attached hydrogen (secondary N) is 2. The van der Waals surface area contributed by atoms with Crippen molar-refractivity contribution in [3.05, 3.63) is 29.3 Å². The molecule has 0 aliphatic rings. The number of rotatable bonds is 2. The van der Waals surface area contributed by atoms with E-state index in [4.69, 9.17) is 11.0 Å². The maximum absolute atomic E-state index is 11.7. The number of hydrogen-bond acceptors (Lipinski definition) is 3. The van der Waals surface area contributed by atoms with Crippen molar-refractivity contribution in [1.82, 2.24) is 10.6 Å². The average Bonchev–Trinajstić information content (AvgIpc) is 2.36. The van der Waals surface area contributed by atoms with Gasteiger partial charge in [0, 0.05) is 5.54 Å². The number of amides is 2. The molecule has 6 nitrogen and oxygen atoms in total. The van der Waals surface area contributed by atoms with Gasteiger partial charge >= 0.3 is 6.03 Å². The third kappa shape index (κ3) is 5.53. The molecule has 0 radical (unpaired) electrons.